The molecule has 0 aliphatic heterocycles. The van der Waals surface area contributed by atoms with E-state index < -0.39 is 54.8 Å². The van der Waals surface area contributed by atoms with Gasteiger partial charge in [0.05, 0.1) is 12.1 Å². The van der Waals surface area contributed by atoms with Gasteiger partial charge in [-0.2, -0.15) is 36.9 Å². The Morgan fingerprint density at radius 3 is 1.54 bits per heavy atom. The highest BCUT2D eigenvalue weighted by molar-refractivity contribution is 5.17. The van der Waals surface area contributed by atoms with Crippen LogP contribution in [-0.4, -0.2) is 30.1 Å². The van der Waals surface area contributed by atoms with Crippen molar-refractivity contribution in [3.63, 3.8) is 0 Å². The van der Waals surface area contributed by atoms with Crippen molar-refractivity contribution in [2.75, 3.05) is 0 Å². The Morgan fingerprint density at radius 2 is 1.25 bits per heavy atom. The van der Waals surface area contributed by atoms with Gasteiger partial charge in [0, 0.05) is 12.8 Å². The second-order valence-electron chi connectivity index (χ2n) is 5.26. The molecule has 0 saturated carbocycles. The Morgan fingerprint density at radius 1 is 0.833 bits per heavy atom. The van der Waals surface area contributed by atoms with Gasteiger partial charge in [-0.3, -0.25) is 0 Å². The lowest BCUT2D eigenvalue weighted by atomic mass is 9.78. The number of rotatable bonds is 8. The summed E-state index contributed by atoms with van der Waals surface area (Å²) in [6.07, 6.45) is -10.5. The van der Waals surface area contributed by atoms with E-state index in [2.05, 4.69) is 0 Å². The van der Waals surface area contributed by atoms with Gasteiger partial charge in [0.1, 0.15) is 5.41 Å². The first kappa shape index (κ1) is 22.3. The van der Waals surface area contributed by atoms with E-state index in [0.717, 1.165) is 12.1 Å². The van der Waals surface area contributed by atoms with Crippen molar-refractivity contribution in [1.82, 2.24) is 0 Å². The minimum atomic E-state index is -6.61. The first-order valence-corrected chi connectivity index (χ1v) is 6.10. The Hall–Kier alpha value is -1.72. The molecule has 0 rings (SSSR count). The molecule has 2 nitrogen and oxygen atoms in total. The van der Waals surface area contributed by atoms with Crippen LogP contribution < -0.4 is 0 Å². The summed E-state index contributed by atoms with van der Waals surface area (Å²) in [6.45, 7) is 0.282. The molecule has 0 aromatic heterocycles. The molecule has 0 saturated heterocycles. The molecule has 0 spiro atoms. The first-order valence-electron chi connectivity index (χ1n) is 6.10. The quantitative estimate of drug-likeness (QED) is 0.562. The summed E-state index contributed by atoms with van der Waals surface area (Å²) >= 11 is 0. The molecule has 0 atom stereocenters. The van der Waals surface area contributed by atoms with E-state index in [1.807, 2.05) is 0 Å². The predicted octanol–water partition coefficient (Wildman–Crippen LogP) is 5.02. The fraction of sp³-hybridized carbons (Fsp3) is 0.833. The molecular formula is C12H10F10N2. The van der Waals surface area contributed by atoms with Crippen LogP contribution in [0.5, 0.6) is 0 Å². The van der Waals surface area contributed by atoms with Crippen molar-refractivity contribution in [2.24, 2.45) is 5.41 Å². The summed E-state index contributed by atoms with van der Waals surface area (Å²) in [7, 11) is 0. The molecule has 0 aliphatic carbocycles. The van der Waals surface area contributed by atoms with E-state index in [1.54, 1.807) is 0 Å². The van der Waals surface area contributed by atoms with Crippen LogP contribution in [0, 0.1) is 28.1 Å². The Bertz CT molecular complexity index is 509. The van der Waals surface area contributed by atoms with Gasteiger partial charge in [-0.15, -0.1) is 0 Å². The van der Waals surface area contributed by atoms with Crippen molar-refractivity contribution in [2.45, 2.75) is 56.3 Å². The third-order valence-corrected chi connectivity index (χ3v) is 3.09. The summed E-state index contributed by atoms with van der Waals surface area (Å²) in [4.78, 5) is 0. The van der Waals surface area contributed by atoms with E-state index in [9.17, 15) is 43.9 Å². The van der Waals surface area contributed by atoms with Crippen LogP contribution in [-0.2, 0) is 0 Å². The zero-order valence-corrected chi connectivity index (χ0v) is 11.9. The van der Waals surface area contributed by atoms with E-state index in [1.165, 1.54) is 0 Å². The monoisotopic (exact) mass is 372 g/mol. The molecule has 0 unspecified atom stereocenters. The van der Waals surface area contributed by atoms with Gasteiger partial charge in [0.2, 0.25) is 5.92 Å². The number of nitriles is 2. The lowest BCUT2D eigenvalue weighted by Crippen LogP contribution is -2.58. The minimum absolute atomic E-state index is 0.282. The molecule has 0 N–H and O–H groups in total. The van der Waals surface area contributed by atoms with Gasteiger partial charge in [-0.1, -0.05) is 0 Å². The number of hydrogen-bond donors (Lipinski definition) is 0. The highest BCUT2D eigenvalue weighted by Gasteiger charge is 2.76. The lowest BCUT2D eigenvalue weighted by molar-refractivity contribution is -0.342. The molecule has 0 amide bonds. The summed E-state index contributed by atoms with van der Waals surface area (Å²) < 4.78 is 128. The minimum Gasteiger partial charge on any atom is -0.207 e. The molecule has 0 heterocycles. The summed E-state index contributed by atoms with van der Waals surface area (Å²) in [5.74, 6) is -22.6. The Labute approximate surface area is 129 Å². The van der Waals surface area contributed by atoms with Crippen LogP contribution in [0.1, 0.15) is 26.2 Å². The van der Waals surface area contributed by atoms with Gasteiger partial charge >= 0.3 is 24.2 Å². The number of hydrogen-bond acceptors (Lipinski definition) is 2. The predicted molar refractivity (Wildman–Crippen MR) is 59.0 cm³/mol. The smallest absolute Gasteiger partial charge is 0.207 e. The SMILES string of the molecule is CC(F)(F)CCC(C#N)(C#N)CC(F)(F)C(F)(F)C(F)(F)C(F)F. The number of alkyl halides is 10. The largest absolute Gasteiger partial charge is 0.377 e. The number of nitrogens with zero attached hydrogens (tertiary/aromatic N) is 2. The van der Waals surface area contributed by atoms with Crippen LogP contribution in [0.4, 0.5) is 43.9 Å². The fourth-order valence-electron chi connectivity index (χ4n) is 1.61. The molecule has 12 heteroatoms. The molecule has 138 valence electrons. The van der Waals surface area contributed by atoms with Crippen molar-refractivity contribution in [1.29, 1.82) is 10.5 Å². The standard InChI is InChI=1S/C12H10F10N2/c1-8(15,16)2-3-9(5-23,6-24)4-10(17,18)12(21,22)11(19,20)7(13)14/h7H,2-4H2,1H3. The average molecular weight is 372 g/mol. The Balaban J connectivity index is 5.71. The van der Waals surface area contributed by atoms with Gasteiger partial charge in [0.15, 0.2) is 0 Å². The van der Waals surface area contributed by atoms with Gasteiger partial charge in [0.25, 0.3) is 0 Å². The van der Waals surface area contributed by atoms with Crippen LogP contribution in [0.15, 0.2) is 0 Å². The van der Waals surface area contributed by atoms with Crippen molar-refractivity contribution in [3.8, 4) is 12.1 Å². The van der Waals surface area contributed by atoms with Crippen molar-refractivity contribution >= 4 is 0 Å². The van der Waals surface area contributed by atoms with Gasteiger partial charge in [-0.25, -0.2) is 17.6 Å². The van der Waals surface area contributed by atoms with E-state index in [4.69, 9.17) is 10.5 Å². The maximum atomic E-state index is 13.5. The molecule has 0 aliphatic rings. The normalized spacial score (nSPS) is 14.4. The highest BCUT2D eigenvalue weighted by Crippen LogP contribution is 2.53. The second-order valence-corrected chi connectivity index (χ2v) is 5.26. The van der Waals surface area contributed by atoms with E-state index in [0.29, 0.717) is 0 Å². The average Bonchev–Trinajstić information content (AvgIpc) is 2.42. The molecule has 0 aromatic carbocycles. The highest BCUT2D eigenvalue weighted by atomic mass is 19.4. The zero-order chi connectivity index (χ0) is 19.6. The van der Waals surface area contributed by atoms with Crippen molar-refractivity contribution in [3.05, 3.63) is 0 Å². The number of halogens is 10. The van der Waals surface area contributed by atoms with Crippen molar-refractivity contribution < 1.29 is 43.9 Å². The molecule has 0 bridgehead atoms. The summed E-state index contributed by atoms with van der Waals surface area (Å²) in [5.41, 5.74) is -3.19. The summed E-state index contributed by atoms with van der Waals surface area (Å²) in [5, 5.41) is 17.4. The topological polar surface area (TPSA) is 47.6 Å². The van der Waals surface area contributed by atoms with Crippen LogP contribution in [0.3, 0.4) is 0 Å². The Kier molecular flexibility index (Phi) is 6.17. The van der Waals surface area contributed by atoms with Gasteiger partial charge in [-0.05, 0) is 13.3 Å². The molecule has 24 heavy (non-hydrogen) atoms. The van der Waals surface area contributed by atoms with Crippen LogP contribution >= 0.6 is 0 Å². The first-order chi connectivity index (χ1) is 10.5. The van der Waals surface area contributed by atoms with E-state index in [-0.39, 0.29) is 6.92 Å². The zero-order valence-electron chi connectivity index (χ0n) is 11.9. The van der Waals surface area contributed by atoms with Crippen LogP contribution in [0.2, 0.25) is 0 Å². The van der Waals surface area contributed by atoms with Gasteiger partial charge < -0.3 is 0 Å². The fourth-order valence-corrected chi connectivity index (χ4v) is 1.61. The second kappa shape index (κ2) is 6.65. The molecule has 0 fully saturated rings. The lowest BCUT2D eigenvalue weighted by Gasteiger charge is -2.35. The molecule has 0 aromatic rings. The van der Waals surface area contributed by atoms with E-state index >= 15 is 0 Å². The maximum absolute atomic E-state index is 13.5. The summed E-state index contributed by atoms with van der Waals surface area (Å²) in [6, 6.07) is 1.61. The third-order valence-electron chi connectivity index (χ3n) is 3.09. The third kappa shape index (κ3) is 4.42. The van der Waals surface area contributed by atoms with Crippen LogP contribution in [0.25, 0.3) is 0 Å². The maximum Gasteiger partial charge on any atom is 0.377 e. The molecule has 0 radical (unpaired) electrons. The molecular weight excluding hydrogens is 362 g/mol.